The van der Waals surface area contributed by atoms with Crippen LogP contribution in [0.4, 0.5) is 0 Å². The lowest BCUT2D eigenvalue weighted by molar-refractivity contribution is -0.169. The molecule has 3 rings (SSSR count). The van der Waals surface area contributed by atoms with Gasteiger partial charge in [-0.15, -0.1) is 0 Å². The number of amides is 2. The first-order valence-corrected chi connectivity index (χ1v) is 11.4. The summed E-state index contributed by atoms with van der Waals surface area (Å²) in [5.41, 5.74) is 2.95. The molecule has 6 nitrogen and oxygen atoms in total. The van der Waals surface area contributed by atoms with E-state index in [0.29, 0.717) is 18.0 Å². The van der Waals surface area contributed by atoms with Crippen molar-refractivity contribution < 1.29 is 19.1 Å². The first-order valence-electron chi connectivity index (χ1n) is 11.1. The fourth-order valence-corrected chi connectivity index (χ4v) is 4.53. The minimum atomic E-state index is -1.01. The number of hydrogen-bond acceptors (Lipinski definition) is 4. The van der Waals surface area contributed by atoms with Gasteiger partial charge in [0.05, 0.1) is 13.5 Å². The van der Waals surface area contributed by atoms with Crippen LogP contribution < -0.4 is 0 Å². The second-order valence-electron chi connectivity index (χ2n) is 9.00. The molecule has 0 N–H and O–H groups in total. The Morgan fingerprint density at radius 3 is 2.21 bits per heavy atom. The van der Waals surface area contributed by atoms with E-state index >= 15 is 0 Å². The normalized spacial score (nSPS) is 18.3. The number of carbonyl (C=O) groups excluding carboxylic acids is 3. The summed E-state index contributed by atoms with van der Waals surface area (Å²) in [6.07, 6.45) is 0.768. The molecule has 2 unspecified atom stereocenters. The van der Waals surface area contributed by atoms with Gasteiger partial charge in [0.15, 0.2) is 0 Å². The van der Waals surface area contributed by atoms with Gasteiger partial charge in [0.1, 0.15) is 11.6 Å². The lowest BCUT2D eigenvalue weighted by Gasteiger charge is -2.51. The Balaban J connectivity index is 1.83. The molecule has 2 amide bonds. The van der Waals surface area contributed by atoms with Crippen LogP contribution in [0.15, 0.2) is 42.5 Å². The molecule has 0 aliphatic carbocycles. The van der Waals surface area contributed by atoms with Crippen LogP contribution in [0.5, 0.6) is 0 Å². The predicted molar refractivity (Wildman–Crippen MR) is 128 cm³/mol. The summed E-state index contributed by atoms with van der Waals surface area (Å²) in [4.78, 5) is 42.4. The third-order valence-electron chi connectivity index (χ3n) is 6.35. The maximum Gasteiger partial charge on any atom is 0.328 e. The fraction of sp³-hybridized carbons (Fsp3) is 0.423. The topological polar surface area (TPSA) is 66.9 Å². The summed E-state index contributed by atoms with van der Waals surface area (Å²) in [7, 11) is 1.30. The SMILES string of the molecule is COC(=O)C(C)N(Cc1ccc(Cl)cc1)C(=O)C1(C)CCN1C(=O)Cc1cc(C)cc(C)c1. The Labute approximate surface area is 200 Å². The third-order valence-corrected chi connectivity index (χ3v) is 6.61. The van der Waals surface area contributed by atoms with Gasteiger partial charge in [0.25, 0.3) is 0 Å². The van der Waals surface area contributed by atoms with Crippen molar-refractivity contribution in [3.8, 4) is 0 Å². The Morgan fingerprint density at radius 2 is 1.70 bits per heavy atom. The van der Waals surface area contributed by atoms with Gasteiger partial charge in [-0.1, -0.05) is 53.1 Å². The molecule has 2 aromatic rings. The zero-order valence-electron chi connectivity index (χ0n) is 19.9. The molecule has 1 aliphatic rings. The van der Waals surface area contributed by atoms with Gasteiger partial charge in [-0.3, -0.25) is 9.59 Å². The number of benzene rings is 2. The summed E-state index contributed by atoms with van der Waals surface area (Å²) >= 11 is 5.99. The number of esters is 1. The van der Waals surface area contributed by atoms with Crippen LogP contribution in [-0.4, -0.2) is 52.8 Å². The molecule has 1 aliphatic heterocycles. The molecule has 0 bridgehead atoms. The number of likely N-dealkylation sites (tertiary alicyclic amines) is 1. The largest absolute Gasteiger partial charge is 0.467 e. The number of carbonyl (C=O) groups is 3. The van der Waals surface area contributed by atoms with Crippen molar-refractivity contribution in [2.24, 2.45) is 0 Å². The van der Waals surface area contributed by atoms with Crippen molar-refractivity contribution in [2.45, 2.75) is 58.7 Å². The number of aryl methyl sites for hydroxylation is 2. The fourth-order valence-electron chi connectivity index (χ4n) is 4.40. The number of methoxy groups -OCH3 is 1. The van der Waals surface area contributed by atoms with Crippen molar-refractivity contribution >= 4 is 29.4 Å². The molecule has 2 aromatic carbocycles. The van der Waals surface area contributed by atoms with Crippen molar-refractivity contribution in [3.63, 3.8) is 0 Å². The molecule has 1 saturated heterocycles. The summed E-state index contributed by atoms with van der Waals surface area (Å²) in [5.74, 6) is -0.872. The first kappa shape index (κ1) is 24.8. The average molecular weight is 471 g/mol. The highest BCUT2D eigenvalue weighted by atomic mass is 35.5. The molecular formula is C26H31ClN2O4. The van der Waals surface area contributed by atoms with Gasteiger partial charge >= 0.3 is 5.97 Å². The quantitative estimate of drug-likeness (QED) is 0.572. The van der Waals surface area contributed by atoms with Gasteiger partial charge in [-0.2, -0.15) is 0 Å². The monoisotopic (exact) mass is 470 g/mol. The second-order valence-corrected chi connectivity index (χ2v) is 9.44. The first-order chi connectivity index (χ1) is 15.5. The van der Waals surface area contributed by atoms with E-state index in [9.17, 15) is 14.4 Å². The molecule has 0 saturated carbocycles. The molecule has 0 aromatic heterocycles. The molecule has 7 heteroatoms. The maximum atomic E-state index is 13.8. The van der Waals surface area contributed by atoms with Crippen LogP contribution in [0.1, 0.15) is 42.5 Å². The third kappa shape index (κ3) is 5.38. The standard InChI is InChI=1S/C26H31ClN2O4/c1-17-12-18(2)14-21(13-17)15-23(30)29-11-10-26(29,4)25(32)28(19(3)24(31)33-5)16-20-6-8-22(27)9-7-20/h6-9,12-14,19H,10-11,15-16H2,1-5H3. The molecule has 0 radical (unpaired) electrons. The summed E-state index contributed by atoms with van der Waals surface area (Å²) < 4.78 is 4.91. The molecular weight excluding hydrogens is 440 g/mol. The van der Waals surface area contributed by atoms with Gasteiger partial charge in [-0.05, 0) is 57.4 Å². The van der Waals surface area contributed by atoms with Crippen molar-refractivity contribution in [1.82, 2.24) is 9.80 Å². The lowest BCUT2D eigenvalue weighted by atomic mass is 9.83. The number of rotatable bonds is 7. The van der Waals surface area contributed by atoms with E-state index in [1.54, 1.807) is 30.9 Å². The average Bonchev–Trinajstić information content (AvgIpc) is 2.75. The highest BCUT2D eigenvalue weighted by Crippen LogP contribution is 2.34. The van der Waals surface area contributed by atoms with Crippen molar-refractivity contribution in [2.75, 3.05) is 13.7 Å². The molecule has 176 valence electrons. The van der Waals surface area contributed by atoms with Gasteiger partial charge in [-0.25, -0.2) is 4.79 Å². The zero-order valence-corrected chi connectivity index (χ0v) is 20.6. The highest BCUT2D eigenvalue weighted by molar-refractivity contribution is 6.30. The van der Waals surface area contributed by atoms with E-state index in [1.807, 2.05) is 38.1 Å². The van der Waals surface area contributed by atoms with Crippen molar-refractivity contribution in [1.29, 1.82) is 0 Å². The highest BCUT2D eigenvalue weighted by Gasteiger charge is 2.52. The number of halogens is 1. The van der Waals surface area contributed by atoms with Crippen LogP contribution in [0.3, 0.4) is 0 Å². The van der Waals surface area contributed by atoms with Crippen LogP contribution in [0.25, 0.3) is 0 Å². The van der Waals surface area contributed by atoms with E-state index < -0.39 is 17.6 Å². The van der Waals surface area contributed by atoms with Crippen LogP contribution in [-0.2, 0) is 32.1 Å². The Kier molecular flexibility index (Phi) is 7.48. The Morgan fingerprint density at radius 1 is 1.09 bits per heavy atom. The van der Waals surface area contributed by atoms with Gasteiger partial charge in [0, 0.05) is 18.1 Å². The minimum Gasteiger partial charge on any atom is -0.467 e. The number of nitrogens with zero attached hydrogens (tertiary/aromatic N) is 2. The summed E-state index contributed by atoms with van der Waals surface area (Å²) in [6, 6.07) is 12.4. The van der Waals surface area contributed by atoms with Crippen molar-refractivity contribution in [3.05, 3.63) is 69.7 Å². The minimum absolute atomic E-state index is 0.0979. The Bertz CT molecular complexity index is 1030. The second kappa shape index (κ2) is 9.96. The molecule has 1 fully saturated rings. The number of ether oxygens (including phenoxy) is 1. The molecule has 0 spiro atoms. The van der Waals surface area contributed by atoms with Crippen LogP contribution >= 0.6 is 11.6 Å². The predicted octanol–water partition coefficient (Wildman–Crippen LogP) is 4.08. The number of hydrogen-bond donors (Lipinski definition) is 0. The smallest absolute Gasteiger partial charge is 0.328 e. The van der Waals surface area contributed by atoms with E-state index in [4.69, 9.17) is 16.3 Å². The van der Waals surface area contributed by atoms with Gasteiger partial charge in [0.2, 0.25) is 11.8 Å². The van der Waals surface area contributed by atoms with E-state index in [1.165, 1.54) is 12.0 Å². The zero-order chi connectivity index (χ0) is 24.3. The Hall–Kier alpha value is -2.86. The summed E-state index contributed by atoms with van der Waals surface area (Å²) in [6.45, 7) is 8.14. The lowest BCUT2D eigenvalue weighted by Crippen LogP contribution is -2.69. The maximum absolute atomic E-state index is 13.8. The van der Waals surface area contributed by atoms with E-state index in [0.717, 1.165) is 22.3 Å². The summed E-state index contributed by atoms with van der Waals surface area (Å²) in [5, 5.41) is 0.590. The van der Waals surface area contributed by atoms with Crippen LogP contribution in [0.2, 0.25) is 5.02 Å². The van der Waals surface area contributed by atoms with Crippen LogP contribution in [0, 0.1) is 13.8 Å². The van der Waals surface area contributed by atoms with E-state index in [-0.39, 0.29) is 24.8 Å². The van der Waals surface area contributed by atoms with E-state index in [2.05, 4.69) is 6.07 Å². The molecule has 1 heterocycles. The molecule has 2 atom stereocenters. The molecule has 33 heavy (non-hydrogen) atoms. The van der Waals surface area contributed by atoms with Gasteiger partial charge < -0.3 is 14.5 Å².